The summed E-state index contributed by atoms with van der Waals surface area (Å²) in [5.41, 5.74) is 1.45. The molecule has 0 radical (unpaired) electrons. The first-order chi connectivity index (χ1) is 14.5. The maximum atomic E-state index is 12.6. The monoisotopic (exact) mass is 412 g/mol. The molecular weight excluding hydrogens is 384 g/mol. The van der Waals surface area contributed by atoms with Crippen molar-refractivity contribution >= 4 is 11.8 Å². The summed E-state index contributed by atoms with van der Waals surface area (Å²) in [6.45, 7) is 1.25. The smallest absolute Gasteiger partial charge is 0.251 e. The minimum Gasteiger partial charge on any atom is -0.497 e. The number of methoxy groups -OCH3 is 3. The van der Waals surface area contributed by atoms with Gasteiger partial charge in [-0.3, -0.25) is 9.59 Å². The first-order valence-electron chi connectivity index (χ1n) is 9.97. The number of carbonyl (C=O) groups is 2. The Morgan fingerprint density at radius 1 is 0.900 bits per heavy atom. The lowest BCUT2D eigenvalue weighted by molar-refractivity contribution is -0.131. The van der Waals surface area contributed by atoms with Gasteiger partial charge in [0.25, 0.3) is 5.91 Å². The van der Waals surface area contributed by atoms with Crippen LogP contribution in [-0.2, 0) is 11.2 Å². The van der Waals surface area contributed by atoms with Crippen LogP contribution in [0.1, 0.15) is 28.8 Å². The molecule has 30 heavy (non-hydrogen) atoms. The normalized spacial score (nSPS) is 14.2. The highest BCUT2D eigenvalue weighted by molar-refractivity contribution is 5.95. The lowest BCUT2D eigenvalue weighted by atomic mass is 10.0. The molecule has 1 saturated heterocycles. The molecule has 7 nitrogen and oxygen atoms in total. The molecule has 2 amide bonds. The van der Waals surface area contributed by atoms with E-state index in [-0.39, 0.29) is 17.9 Å². The fraction of sp³-hybridized carbons (Fsp3) is 0.391. The molecule has 0 spiro atoms. The topological polar surface area (TPSA) is 77.1 Å². The summed E-state index contributed by atoms with van der Waals surface area (Å²) < 4.78 is 15.6. The number of hydrogen-bond donors (Lipinski definition) is 1. The zero-order chi connectivity index (χ0) is 21.5. The SMILES string of the molecule is COc1ccc(CC(=O)N2CCC(NC(=O)c3cc(OC)cc(OC)c3)CC2)cc1. The third-order valence-corrected chi connectivity index (χ3v) is 5.31. The molecule has 0 atom stereocenters. The number of hydrogen-bond acceptors (Lipinski definition) is 5. The van der Waals surface area contributed by atoms with Crippen molar-refractivity contribution in [2.24, 2.45) is 0 Å². The number of nitrogens with zero attached hydrogens (tertiary/aromatic N) is 1. The van der Waals surface area contributed by atoms with Crippen molar-refractivity contribution in [3.63, 3.8) is 0 Å². The van der Waals surface area contributed by atoms with E-state index in [1.807, 2.05) is 29.2 Å². The number of likely N-dealkylation sites (tertiary alicyclic amines) is 1. The lowest BCUT2D eigenvalue weighted by Crippen LogP contribution is -2.47. The summed E-state index contributed by atoms with van der Waals surface area (Å²) in [5.74, 6) is 1.84. The van der Waals surface area contributed by atoms with Crippen LogP contribution in [0, 0.1) is 0 Å². The number of nitrogens with one attached hydrogen (secondary N) is 1. The summed E-state index contributed by atoms with van der Waals surface area (Å²) in [5, 5.41) is 3.06. The zero-order valence-corrected chi connectivity index (χ0v) is 17.6. The van der Waals surface area contributed by atoms with Gasteiger partial charge in [0.05, 0.1) is 27.8 Å². The molecule has 1 aliphatic rings. The van der Waals surface area contributed by atoms with Crippen LogP contribution in [0.5, 0.6) is 17.2 Å². The summed E-state index contributed by atoms with van der Waals surface area (Å²) in [6.07, 6.45) is 1.81. The highest BCUT2D eigenvalue weighted by Crippen LogP contribution is 2.23. The van der Waals surface area contributed by atoms with E-state index in [9.17, 15) is 9.59 Å². The summed E-state index contributed by atoms with van der Waals surface area (Å²) >= 11 is 0. The van der Waals surface area contributed by atoms with Crippen LogP contribution in [0.25, 0.3) is 0 Å². The van der Waals surface area contributed by atoms with Crippen LogP contribution < -0.4 is 19.5 Å². The Morgan fingerprint density at radius 3 is 2.00 bits per heavy atom. The minimum atomic E-state index is -0.171. The van der Waals surface area contributed by atoms with Crippen LogP contribution in [0.3, 0.4) is 0 Å². The number of rotatable bonds is 7. The highest BCUT2D eigenvalue weighted by Gasteiger charge is 2.24. The molecule has 2 aromatic carbocycles. The third-order valence-electron chi connectivity index (χ3n) is 5.31. The van der Waals surface area contributed by atoms with Crippen molar-refractivity contribution in [2.45, 2.75) is 25.3 Å². The Kier molecular flexibility index (Phi) is 7.17. The van der Waals surface area contributed by atoms with E-state index in [4.69, 9.17) is 14.2 Å². The van der Waals surface area contributed by atoms with Crippen molar-refractivity contribution in [3.8, 4) is 17.2 Å². The van der Waals surface area contributed by atoms with Crippen molar-refractivity contribution in [2.75, 3.05) is 34.4 Å². The second-order valence-electron chi connectivity index (χ2n) is 7.25. The summed E-state index contributed by atoms with van der Waals surface area (Å²) in [7, 11) is 4.72. The van der Waals surface area contributed by atoms with Gasteiger partial charge in [0, 0.05) is 30.8 Å². The Labute approximate surface area is 176 Å². The number of amides is 2. The third kappa shape index (κ3) is 5.43. The Hall–Kier alpha value is -3.22. The maximum absolute atomic E-state index is 12.6. The molecular formula is C23H28N2O5. The molecule has 2 aromatic rings. The van der Waals surface area contributed by atoms with Crippen LogP contribution in [0.2, 0.25) is 0 Å². The lowest BCUT2D eigenvalue weighted by Gasteiger charge is -2.32. The molecule has 1 N–H and O–H groups in total. The first-order valence-corrected chi connectivity index (χ1v) is 9.97. The summed E-state index contributed by atoms with van der Waals surface area (Å²) in [4.78, 5) is 27.1. The van der Waals surface area contributed by atoms with Gasteiger partial charge in [0.1, 0.15) is 17.2 Å². The molecule has 7 heteroatoms. The maximum Gasteiger partial charge on any atom is 0.251 e. The second-order valence-corrected chi connectivity index (χ2v) is 7.25. The first kappa shape index (κ1) is 21.5. The Morgan fingerprint density at radius 2 is 1.47 bits per heavy atom. The standard InChI is InChI=1S/C23H28N2O5/c1-28-19-6-4-16(5-7-19)12-22(26)25-10-8-18(9-11-25)24-23(27)17-13-20(29-2)15-21(14-17)30-3/h4-7,13-15,18H,8-12H2,1-3H3,(H,24,27). The minimum absolute atomic E-state index is 0.0275. The van der Waals surface area contributed by atoms with Crippen LogP contribution in [0.15, 0.2) is 42.5 Å². The van der Waals surface area contributed by atoms with Crippen molar-refractivity contribution in [3.05, 3.63) is 53.6 Å². The van der Waals surface area contributed by atoms with Gasteiger partial charge in [-0.05, 0) is 42.7 Å². The van der Waals surface area contributed by atoms with Gasteiger partial charge in [0.2, 0.25) is 5.91 Å². The van der Waals surface area contributed by atoms with Crippen molar-refractivity contribution < 1.29 is 23.8 Å². The molecule has 1 aliphatic heterocycles. The number of carbonyl (C=O) groups excluding carboxylic acids is 2. The average molecular weight is 412 g/mol. The molecule has 0 unspecified atom stereocenters. The van der Waals surface area contributed by atoms with E-state index >= 15 is 0 Å². The average Bonchev–Trinajstić information content (AvgIpc) is 2.79. The van der Waals surface area contributed by atoms with Crippen LogP contribution >= 0.6 is 0 Å². The molecule has 1 heterocycles. The molecule has 0 bridgehead atoms. The molecule has 1 fully saturated rings. The quantitative estimate of drug-likeness (QED) is 0.757. The number of ether oxygens (including phenoxy) is 3. The zero-order valence-electron chi connectivity index (χ0n) is 17.6. The fourth-order valence-corrected chi connectivity index (χ4v) is 3.51. The van der Waals surface area contributed by atoms with E-state index in [0.717, 1.165) is 24.2 Å². The van der Waals surface area contributed by atoms with Gasteiger partial charge in [0.15, 0.2) is 0 Å². The molecule has 0 saturated carbocycles. The highest BCUT2D eigenvalue weighted by atomic mass is 16.5. The Bertz CT molecular complexity index is 851. The van der Waals surface area contributed by atoms with Crippen molar-refractivity contribution in [1.29, 1.82) is 0 Å². The van der Waals surface area contributed by atoms with Gasteiger partial charge in [-0.25, -0.2) is 0 Å². The predicted molar refractivity (Wildman–Crippen MR) is 113 cm³/mol. The van der Waals surface area contributed by atoms with Gasteiger partial charge in [-0.1, -0.05) is 12.1 Å². The Balaban J connectivity index is 1.51. The van der Waals surface area contributed by atoms with E-state index < -0.39 is 0 Å². The van der Waals surface area contributed by atoms with Crippen molar-refractivity contribution in [1.82, 2.24) is 10.2 Å². The van der Waals surface area contributed by atoms with Crippen LogP contribution in [0.4, 0.5) is 0 Å². The number of piperidine rings is 1. The predicted octanol–water partition coefficient (Wildman–Crippen LogP) is 2.68. The van der Waals surface area contributed by atoms with Gasteiger partial charge in [-0.15, -0.1) is 0 Å². The van der Waals surface area contributed by atoms with E-state index in [0.29, 0.717) is 36.6 Å². The van der Waals surface area contributed by atoms with E-state index in [1.54, 1.807) is 39.5 Å². The largest absolute Gasteiger partial charge is 0.497 e. The molecule has 0 aliphatic carbocycles. The van der Waals surface area contributed by atoms with E-state index in [1.165, 1.54) is 0 Å². The van der Waals surface area contributed by atoms with E-state index in [2.05, 4.69) is 5.32 Å². The fourth-order valence-electron chi connectivity index (χ4n) is 3.51. The molecule has 3 rings (SSSR count). The number of benzene rings is 2. The molecule has 0 aromatic heterocycles. The van der Waals surface area contributed by atoms with Crippen LogP contribution in [-0.4, -0.2) is 57.2 Å². The van der Waals surface area contributed by atoms with Gasteiger partial charge < -0.3 is 24.4 Å². The van der Waals surface area contributed by atoms with Gasteiger partial charge >= 0.3 is 0 Å². The second kappa shape index (κ2) is 10.0. The summed E-state index contributed by atoms with van der Waals surface area (Å²) in [6, 6.07) is 12.7. The van der Waals surface area contributed by atoms with Gasteiger partial charge in [-0.2, -0.15) is 0 Å². The molecule has 160 valence electrons.